The first-order chi connectivity index (χ1) is 25.2. The van der Waals surface area contributed by atoms with E-state index in [1.54, 1.807) is 0 Å². The van der Waals surface area contributed by atoms with Gasteiger partial charge in [0, 0.05) is 21.9 Å². The smallest absolute Gasteiger partial charge is 0.388 e. The average molecular weight is 697 g/mol. The molecule has 0 amide bonds. The highest BCUT2D eigenvalue weighted by molar-refractivity contribution is 7.73. The monoisotopic (exact) mass is 696 g/mol. The van der Waals surface area contributed by atoms with Gasteiger partial charge < -0.3 is 8.39 Å². The van der Waals surface area contributed by atoms with Crippen LogP contribution in [0.5, 0.6) is 0 Å². The standard InChI is InChI=1S/C46H34O3P2/c1-32(50(37-24-10-4-11-25-37)38-26-12-5-13-27-38)47-51-48-45-41(33-18-6-2-7-19-33)30-35-22-14-16-28-39(35)43(45)44-40-29-17-15-23-36(40)31-42(46(44)49-51)34-20-8-3-9-21-34/h2-32H,1H3/t32-/m1/s1. The summed E-state index contributed by atoms with van der Waals surface area (Å²) in [4.78, 5) is 0. The second-order valence-electron chi connectivity index (χ2n) is 12.6. The fourth-order valence-electron chi connectivity index (χ4n) is 7.14. The minimum Gasteiger partial charge on any atom is -0.398 e. The van der Waals surface area contributed by atoms with Crippen LogP contribution in [0.4, 0.5) is 0 Å². The minimum absolute atomic E-state index is 0.220. The van der Waals surface area contributed by atoms with E-state index in [0.717, 1.165) is 65.7 Å². The molecule has 0 saturated heterocycles. The van der Waals surface area contributed by atoms with Gasteiger partial charge in [-0.3, -0.25) is 4.52 Å². The van der Waals surface area contributed by atoms with Crippen molar-refractivity contribution in [3.63, 3.8) is 0 Å². The molecule has 0 spiro atoms. The molecule has 5 heteroatoms. The Hall–Kier alpha value is -5.43. The Balaban J connectivity index is 1.42. The topological polar surface area (TPSA) is 35.5 Å². The molecule has 0 saturated carbocycles. The first-order valence-electron chi connectivity index (χ1n) is 17.2. The molecule has 3 nitrogen and oxygen atoms in total. The lowest BCUT2D eigenvalue weighted by molar-refractivity contribution is 0.361. The molecular weight excluding hydrogens is 662 g/mol. The van der Waals surface area contributed by atoms with Gasteiger partial charge in [0.15, 0.2) is 11.2 Å². The first-order valence-corrected chi connectivity index (χ1v) is 19.7. The summed E-state index contributed by atoms with van der Waals surface area (Å²) in [5, 5.41) is 9.00. The summed E-state index contributed by atoms with van der Waals surface area (Å²) in [6.45, 7) is 2.16. The van der Waals surface area contributed by atoms with Gasteiger partial charge in [-0.05, 0) is 70.3 Å². The molecule has 0 bridgehead atoms. The second kappa shape index (κ2) is 13.7. The molecule has 0 aliphatic rings. The summed E-state index contributed by atoms with van der Waals surface area (Å²) >= 11 is 0. The van der Waals surface area contributed by atoms with Crippen LogP contribution in [0.25, 0.3) is 65.7 Å². The van der Waals surface area contributed by atoms with Crippen molar-refractivity contribution in [2.75, 3.05) is 0 Å². The van der Waals surface area contributed by atoms with Crippen LogP contribution in [-0.2, 0) is 0 Å². The van der Waals surface area contributed by atoms with Crippen LogP contribution >= 0.6 is 16.2 Å². The molecule has 0 aliphatic heterocycles. The van der Waals surface area contributed by atoms with Gasteiger partial charge in [-0.25, -0.2) is 0 Å². The van der Waals surface area contributed by atoms with Crippen LogP contribution in [0.3, 0.4) is 0 Å². The zero-order chi connectivity index (χ0) is 34.1. The molecule has 246 valence electrons. The van der Waals surface area contributed by atoms with E-state index >= 15 is 0 Å². The fourth-order valence-corrected chi connectivity index (χ4v) is 10.9. The summed E-state index contributed by atoms with van der Waals surface area (Å²) in [5.41, 5.74) is 5.71. The molecule has 1 atom stereocenters. The Morgan fingerprint density at radius 3 is 1.27 bits per heavy atom. The van der Waals surface area contributed by atoms with Crippen LogP contribution in [0.15, 0.2) is 190 Å². The van der Waals surface area contributed by atoms with Gasteiger partial charge in [0.2, 0.25) is 0 Å². The molecule has 9 aromatic rings. The lowest BCUT2D eigenvalue weighted by Crippen LogP contribution is -2.23. The molecule has 0 N–H and O–H groups in total. The van der Waals surface area contributed by atoms with E-state index in [2.05, 4.69) is 189 Å². The van der Waals surface area contributed by atoms with Crippen molar-refractivity contribution in [3.05, 3.63) is 182 Å². The Kier molecular flexibility index (Phi) is 8.48. The molecule has 51 heavy (non-hydrogen) atoms. The van der Waals surface area contributed by atoms with E-state index in [9.17, 15) is 0 Å². The lowest BCUT2D eigenvalue weighted by atomic mass is 9.91. The Morgan fingerprint density at radius 2 is 0.843 bits per heavy atom. The molecule has 0 fully saturated rings. The van der Waals surface area contributed by atoms with E-state index in [1.165, 1.54) is 10.6 Å². The predicted molar refractivity (Wildman–Crippen MR) is 217 cm³/mol. The van der Waals surface area contributed by atoms with Gasteiger partial charge in [-0.15, -0.1) is 0 Å². The van der Waals surface area contributed by atoms with E-state index in [1.807, 2.05) is 0 Å². The Bertz CT molecular complexity index is 2500. The highest BCUT2D eigenvalue weighted by atomic mass is 31.1. The Labute approximate surface area is 299 Å². The summed E-state index contributed by atoms with van der Waals surface area (Å²) in [5.74, 6) is -0.220. The van der Waals surface area contributed by atoms with Crippen LogP contribution in [0.1, 0.15) is 6.92 Å². The highest BCUT2D eigenvalue weighted by Gasteiger charge is 2.26. The third-order valence-electron chi connectivity index (χ3n) is 9.43. The van der Waals surface area contributed by atoms with E-state index in [0.29, 0.717) is 0 Å². The number of hydrogen-bond donors (Lipinski definition) is 0. The fraction of sp³-hybridized carbons (Fsp3) is 0.0435. The second-order valence-corrected chi connectivity index (χ2v) is 16.1. The van der Waals surface area contributed by atoms with Crippen molar-refractivity contribution in [2.24, 2.45) is 0 Å². The van der Waals surface area contributed by atoms with Gasteiger partial charge >= 0.3 is 8.24 Å². The zero-order valence-corrected chi connectivity index (χ0v) is 29.8. The maximum absolute atomic E-state index is 7.20. The van der Waals surface area contributed by atoms with Crippen molar-refractivity contribution in [1.82, 2.24) is 0 Å². The average Bonchev–Trinajstić information content (AvgIpc) is 3.36. The van der Waals surface area contributed by atoms with Gasteiger partial charge in [0.25, 0.3) is 0 Å². The number of fused-ring (bicyclic) bond motifs is 7. The van der Waals surface area contributed by atoms with Crippen LogP contribution < -0.4 is 15.1 Å². The van der Waals surface area contributed by atoms with Gasteiger partial charge in [0.05, 0.1) is 5.85 Å². The zero-order valence-electron chi connectivity index (χ0n) is 28.0. The molecule has 0 aliphatic carbocycles. The Morgan fingerprint density at radius 1 is 0.471 bits per heavy atom. The van der Waals surface area contributed by atoms with Crippen LogP contribution in [0.2, 0.25) is 0 Å². The molecule has 0 radical (unpaired) electrons. The quantitative estimate of drug-likeness (QED) is 0.156. The maximum atomic E-state index is 7.20. The van der Waals surface area contributed by atoms with Gasteiger partial charge in [-0.2, -0.15) is 0 Å². The van der Waals surface area contributed by atoms with Gasteiger partial charge in [-0.1, -0.05) is 170 Å². The number of benzene rings is 8. The molecule has 1 heterocycles. The summed E-state index contributed by atoms with van der Waals surface area (Å²) in [7, 11) is -2.84. The van der Waals surface area contributed by atoms with E-state index in [4.69, 9.17) is 12.9 Å². The summed E-state index contributed by atoms with van der Waals surface area (Å²) < 4.78 is 21.5. The normalized spacial score (nSPS) is 12.2. The highest BCUT2D eigenvalue weighted by Crippen LogP contribution is 2.49. The van der Waals surface area contributed by atoms with Crippen molar-refractivity contribution in [3.8, 4) is 22.3 Å². The molecule has 8 aromatic carbocycles. The van der Waals surface area contributed by atoms with Crippen molar-refractivity contribution >= 4 is 70.3 Å². The molecule has 1 aromatic heterocycles. The van der Waals surface area contributed by atoms with E-state index in [-0.39, 0.29) is 5.85 Å². The molecule has 9 rings (SSSR count). The van der Waals surface area contributed by atoms with Gasteiger partial charge in [0.1, 0.15) is 0 Å². The van der Waals surface area contributed by atoms with Crippen molar-refractivity contribution in [1.29, 1.82) is 0 Å². The van der Waals surface area contributed by atoms with Crippen LogP contribution in [0, 0.1) is 0 Å². The van der Waals surface area contributed by atoms with Crippen molar-refractivity contribution in [2.45, 2.75) is 12.8 Å². The minimum atomic E-state index is -1.93. The molecular formula is C46H34O3P2. The summed E-state index contributed by atoms with van der Waals surface area (Å²) in [6.07, 6.45) is 0. The third kappa shape index (κ3) is 5.94. The predicted octanol–water partition coefficient (Wildman–Crippen LogP) is 12.8. The summed E-state index contributed by atoms with van der Waals surface area (Å²) in [6, 6.07) is 64.0. The maximum Gasteiger partial charge on any atom is 0.388 e. The number of hydrogen-bond acceptors (Lipinski definition) is 3. The van der Waals surface area contributed by atoms with E-state index < -0.39 is 16.2 Å². The third-order valence-corrected chi connectivity index (χ3v) is 13.3. The van der Waals surface area contributed by atoms with Crippen LogP contribution in [-0.4, -0.2) is 5.85 Å². The lowest BCUT2D eigenvalue weighted by Gasteiger charge is -2.24. The molecule has 0 unspecified atom stereocenters. The first kappa shape index (κ1) is 31.5. The largest absolute Gasteiger partial charge is 0.398 e. The van der Waals surface area contributed by atoms with Crippen molar-refractivity contribution < 1.29 is 12.9 Å². The number of rotatable bonds is 7. The SMILES string of the molecule is C[C@H](Op1oc2c(-c3ccccc3)cc3ccccc3c2c2c(o1)c(-c1ccccc1)cc1ccccc12)P(c1ccccc1)c1ccccc1.